The molecular formula is C21H25N5O. The maximum Gasteiger partial charge on any atom is 0.225 e. The number of rotatable bonds is 8. The number of nitrogens with one attached hydrogen (secondary N) is 2. The van der Waals surface area contributed by atoms with E-state index in [1.807, 2.05) is 55.5 Å². The summed E-state index contributed by atoms with van der Waals surface area (Å²) in [4.78, 5) is 13.6. The third-order valence-electron chi connectivity index (χ3n) is 4.08. The van der Waals surface area contributed by atoms with Gasteiger partial charge in [-0.2, -0.15) is 4.98 Å². The van der Waals surface area contributed by atoms with E-state index in [1.165, 1.54) is 0 Å². The molecule has 2 aromatic heterocycles. The van der Waals surface area contributed by atoms with Crippen molar-refractivity contribution in [3.05, 3.63) is 54.7 Å². The van der Waals surface area contributed by atoms with Gasteiger partial charge in [0.05, 0.1) is 18.0 Å². The fraction of sp³-hybridized carbons (Fsp3) is 0.286. The molecule has 0 aliphatic heterocycles. The second kappa shape index (κ2) is 8.98. The molecule has 1 atom stereocenters. The standard InChI is InChI=1S/C21H25N5O/c1-4-15(3)23-21-25-19(18-8-6-7-13-22-18)14-20(26-21)24-16-9-11-17(12-10-16)27-5-2/h6-15H,4-5H2,1-3H3,(H2,23,24,25,26)/t15-/m0/s1. The van der Waals surface area contributed by atoms with Crippen molar-refractivity contribution in [2.24, 2.45) is 0 Å². The Kier molecular flexibility index (Phi) is 6.20. The molecular weight excluding hydrogens is 338 g/mol. The molecule has 0 fully saturated rings. The van der Waals surface area contributed by atoms with Crippen LogP contribution in [0.25, 0.3) is 11.4 Å². The van der Waals surface area contributed by atoms with Gasteiger partial charge in [-0.05, 0) is 56.7 Å². The van der Waals surface area contributed by atoms with Crippen molar-refractivity contribution < 1.29 is 4.74 Å². The predicted molar refractivity (Wildman–Crippen MR) is 110 cm³/mol. The van der Waals surface area contributed by atoms with Crippen molar-refractivity contribution in [1.82, 2.24) is 15.0 Å². The van der Waals surface area contributed by atoms with E-state index in [9.17, 15) is 0 Å². The van der Waals surface area contributed by atoms with Gasteiger partial charge in [-0.15, -0.1) is 0 Å². The minimum atomic E-state index is 0.280. The van der Waals surface area contributed by atoms with Crippen LogP contribution in [-0.4, -0.2) is 27.6 Å². The summed E-state index contributed by atoms with van der Waals surface area (Å²) in [5.74, 6) is 2.14. The molecule has 1 aromatic carbocycles. The summed E-state index contributed by atoms with van der Waals surface area (Å²) in [5.41, 5.74) is 2.50. The molecule has 0 bridgehead atoms. The quantitative estimate of drug-likeness (QED) is 0.594. The van der Waals surface area contributed by atoms with Crippen molar-refractivity contribution in [3.63, 3.8) is 0 Å². The molecule has 6 nitrogen and oxygen atoms in total. The van der Waals surface area contributed by atoms with Crippen molar-refractivity contribution in [2.75, 3.05) is 17.2 Å². The van der Waals surface area contributed by atoms with E-state index in [4.69, 9.17) is 4.74 Å². The lowest BCUT2D eigenvalue weighted by atomic mass is 10.2. The van der Waals surface area contributed by atoms with E-state index in [-0.39, 0.29) is 6.04 Å². The number of hydrogen-bond donors (Lipinski definition) is 2. The Morgan fingerprint density at radius 1 is 1.00 bits per heavy atom. The average molecular weight is 363 g/mol. The second-order valence-corrected chi connectivity index (χ2v) is 6.21. The van der Waals surface area contributed by atoms with Crippen LogP contribution in [-0.2, 0) is 0 Å². The topological polar surface area (TPSA) is 72.0 Å². The third kappa shape index (κ3) is 5.17. The highest BCUT2D eigenvalue weighted by Gasteiger charge is 2.10. The van der Waals surface area contributed by atoms with Crippen LogP contribution in [0.2, 0.25) is 0 Å². The van der Waals surface area contributed by atoms with Crippen LogP contribution in [0.15, 0.2) is 54.7 Å². The van der Waals surface area contributed by atoms with Gasteiger partial charge in [0.25, 0.3) is 0 Å². The van der Waals surface area contributed by atoms with Gasteiger partial charge in [-0.1, -0.05) is 13.0 Å². The molecule has 27 heavy (non-hydrogen) atoms. The summed E-state index contributed by atoms with van der Waals surface area (Å²) >= 11 is 0. The van der Waals surface area contributed by atoms with E-state index in [1.54, 1.807) is 6.20 Å². The van der Waals surface area contributed by atoms with E-state index in [0.717, 1.165) is 29.2 Å². The lowest BCUT2D eigenvalue weighted by Gasteiger charge is -2.14. The van der Waals surface area contributed by atoms with Gasteiger partial charge in [0.1, 0.15) is 11.6 Å². The molecule has 0 radical (unpaired) electrons. The lowest BCUT2D eigenvalue weighted by molar-refractivity contribution is 0.340. The van der Waals surface area contributed by atoms with Crippen LogP contribution in [0.4, 0.5) is 17.5 Å². The molecule has 2 heterocycles. The average Bonchev–Trinajstić information content (AvgIpc) is 2.70. The molecule has 0 unspecified atom stereocenters. The molecule has 0 saturated carbocycles. The number of aromatic nitrogens is 3. The molecule has 0 saturated heterocycles. The number of nitrogens with zero attached hydrogens (tertiary/aromatic N) is 3. The van der Waals surface area contributed by atoms with E-state index in [2.05, 4.69) is 39.4 Å². The second-order valence-electron chi connectivity index (χ2n) is 6.21. The first-order chi connectivity index (χ1) is 13.2. The molecule has 2 N–H and O–H groups in total. The molecule has 6 heteroatoms. The zero-order chi connectivity index (χ0) is 19.1. The van der Waals surface area contributed by atoms with Gasteiger partial charge in [-0.25, -0.2) is 4.98 Å². The van der Waals surface area contributed by atoms with Gasteiger partial charge in [0.2, 0.25) is 5.95 Å². The zero-order valence-electron chi connectivity index (χ0n) is 15.9. The monoisotopic (exact) mass is 363 g/mol. The molecule has 0 amide bonds. The maximum atomic E-state index is 5.49. The minimum absolute atomic E-state index is 0.280. The lowest BCUT2D eigenvalue weighted by Crippen LogP contribution is -2.16. The number of ether oxygens (including phenoxy) is 1. The summed E-state index contributed by atoms with van der Waals surface area (Å²) < 4.78 is 5.49. The number of hydrogen-bond acceptors (Lipinski definition) is 6. The van der Waals surface area contributed by atoms with E-state index < -0.39 is 0 Å². The Balaban J connectivity index is 1.89. The van der Waals surface area contributed by atoms with Crippen LogP contribution in [0.3, 0.4) is 0 Å². The fourth-order valence-electron chi connectivity index (χ4n) is 2.49. The highest BCUT2D eigenvalue weighted by atomic mass is 16.5. The normalized spacial score (nSPS) is 11.7. The number of anilines is 3. The first-order valence-electron chi connectivity index (χ1n) is 9.24. The van der Waals surface area contributed by atoms with Crippen LogP contribution >= 0.6 is 0 Å². The van der Waals surface area contributed by atoms with Crippen molar-refractivity contribution in [3.8, 4) is 17.1 Å². The minimum Gasteiger partial charge on any atom is -0.494 e. The SMILES string of the molecule is CCOc1ccc(Nc2cc(-c3ccccn3)nc(N[C@@H](C)CC)n2)cc1. The fourth-order valence-corrected chi connectivity index (χ4v) is 2.49. The third-order valence-corrected chi connectivity index (χ3v) is 4.08. The molecule has 0 aliphatic rings. The number of benzene rings is 1. The van der Waals surface area contributed by atoms with Crippen LogP contribution in [0.5, 0.6) is 5.75 Å². The summed E-state index contributed by atoms with van der Waals surface area (Å²) in [6, 6.07) is 15.8. The van der Waals surface area contributed by atoms with Crippen LogP contribution in [0, 0.1) is 0 Å². The highest BCUT2D eigenvalue weighted by Crippen LogP contribution is 2.24. The molecule has 0 aliphatic carbocycles. The Morgan fingerprint density at radius 2 is 1.81 bits per heavy atom. The van der Waals surface area contributed by atoms with E-state index in [0.29, 0.717) is 18.4 Å². The first kappa shape index (κ1) is 18.6. The highest BCUT2D eigenvalue weighted by molar-refractivity contribution is 5.65. The van der Waals surface area contributed by atoms with E-state index >= 15 is 0 Å². The maximum absolute atomic E-state index is 5.49. The summed E-state index contributed by atoms with van der Waals surface area (Å²) in [7, 11) is 0. The molecule has 3 aromatic rings. The summed E-state index contributed by atoms with van der Waals surface area (Å²) in [6.07, 6.45) is 2.75. The van der Waals surface area contributed by atoms with Gasteiger partial charge in [0.15, 0.2) is 0 Å². The first-order valence-corrected chi connectivity index (χ1v) is 9.24. The van der Waals surface area contributed by atoms with Crippen molar-refractivity contribution in [2.45, 2.75) is 33.2 Å². The predicted octanol–water partition coefficient (Wildman–Crippen LogP) is 4.89. The molecule has 140 valence electrons. The van der Waals surface area contributed by atoms with Crippen molar-refractivity contribution >= 4 is 17.5 Å². The zero-order valence-corrected chi connectivity index (χ0v) is 15.9. The van der Waals surface area contributed by atoms with Crippen LogP contribution in [0.1, 0.15) is 27.2 Å². The Labute approximate surface area is 160 Å². The van der Waals surface area contributed by atoms with Gasteiger partial charge in [-0.3, -0.25) is 4.98 Å². The van der Waals surface area contributed by atoms with Gasteiger partial charge in [0, 0.05) is 24.0 Å². The molecule has 0 spiro atoms. The summed E-state index contributed by atoms with van der Waals surface area (Å²) in [5, 5.41) is 6.68. The van der Waals surface area contributed by atoms with Gasteiger partial charge >= 0.3 is 0 Å². The Bertz CT molecular complexity index is 852. The molecule has 3 rings (SSSR count). The van der Waals surface area contributed by atoms with Crippen molar-refractivity contribution in [1.29, 1.82) is 0 Å². The largest absolute Gasteiger partial charge is 0.494 e. The van der Waals surface area contributed by atoms with Crippen LogP contribution < -0.4 is 15.4 Å². The van der Waals surface area contributed by atoms with Gasteiger partial charge < -0.3 is 15.4 Å². The Morgan fingerprint density at radius 3 is 2.48 bits per heavy atom. The Hall–Kier alpha value is -3.15. The number of pyridine rings is 1. The smallest absolute Gasteiger partial charge is 0.225 e. The summed E-state index contributed by atoms with van der Waals surface area (Å²) in [6.45, 7) is 6.85.